The second-order valence-corrected chi connectivity index (χ2v) is 4.47. The lowest BCUT2D eigenvalue weighted by molar-refractivity contribution is 0.741. The third-order valence-corrected chi connectivity index (χ3v) is 2.95. The van der Waals surface area contributed by atoms with Crippen LogP contribution in [0.4, 0.5) is 0 Å². The first kappa shape index (κ1) is 9.73. The molecule has 14 heavy (non-hydrogen) atoms. The molecular weight excluding hydrogens is 262 g/mol. The molecule has 3 nitrogen and oxygen atoms in total. The fourth-order valence-electron chi connectivity index (χ4n) is 1.48. The Balaban J connectivity index is 2.94. The summed E-state index contributed by atoms with van der Waals surface area (Å²) in [7, 11) is 3.92. The number of aromatic nitrogens is 2. The van der Waals surface area contributed by atoms with Crippen molar-refractivity contribution in [3.05, 3.63) is 27.4 Å². The highest BCUT2D eigenvalue weighted by atomic mass is 79.9. The first-order valence-electron chi connectivity index (χ1n) is 4.18. The molecule has 2 rings (SSSR count). The molecule has 0 aliphatic rings. The maximum Gasteiger partial charge on any atom is 0.197 e. The smallest absolute Gasteiger partial charge is 0.197 e. The van der Waals surface area contributed by atoms with Crippen molar-refractivity contribution in [2.75, 3.05) is 19.1 Å². The van der Waals surface area contributed by atoms with Crippen LogP contribution < -0.4 is 5.01 Å². The summed E-state index contributed by atoms with van der Waals surface area (Å²) in [6, 6.07) is 6.00. The lowest BCUT2D eigenvalue weighted by Crippen LogP contribution is -2.24. The fourth-order valence-corrected chi connectivity index (χ4v) is 2.38. The Morgan fingerprint density at radius 1 is 1.43 bits per heavy atom. The minimum Gasteiger partial charge on any atom is -0.329 e. The van der Waals surface area contributed by atoms with Crippen LogP contribution in [-0.2, 0) is 0 Å². The Hall–Kier alpha value is -0.810. The molecule has 0 atom stereocenters. The molecule has 1 aromatic carbocycles. The van der Waals surface area contributed by atoms with Crippen molar-refractivity contribution < 1.29 is 0 Å². The van der Waals surface area contributed by atoms with Gasteiger partial charge in [0.2, 0.25) is 0 Å². The average molecular weight is 272 g/mol. The first-order valence-corrected chi connectivity index (χ1v) is 5.38. The summed E-state index contributed by atoms with van der Waals surface area (Å²) in [6.07, 6.45) is 0. The van der Waals surface area contributed by atoms with Gasteiger partial charge in [0, 0.05) is 18.6 Å². The van der Waals surface area contributed by atoms with E-state index in [-0.39, 0.29) is 0 Å². The van der Waals surface area contributed by atoms with Crippen molar-refractivity contribution in [1.29, 1.82) is 0 Å². The van der Waals surface area contributed by atoms with Crippen molar-refractivity contribution >= 4 is 39.2 Å². The normalized spacial score (nSPS) is 10.8. The summed E-state index contributed by atoms with van der Waals surface area (Å²) in [5.74, 6) is 0. The molecule has 0 aliphatic heterocycles. The molecule has 1 heterocycles. The number of fused-ring (bicyclic) bond motifs is 1. The van der Waals surface area contributed by atoms with Crippen LogP contribution in [0, 0.1) is 4.77 Å². The molecule has 0 bridgehead atoms. The van der Waals surface area contributed by atoms with E-state index in [1.54, 1.807) is 0 Å². The number of hydrogen-bond acceptors (Lipinski definition) is 2. The van der Waals surface area contributed by atoms with E-state index >= 15 is 0 Å². The summed E-state index contributed by atoms with van der Waals surface area (Å²) in [5.41, 5.74) is 2.11. The highest BCUT2D eigenvalue weighted by Gasteiger charge is 2.08. The molecule has 0 radical (unpaired) electrons. The summed E-state index contributed by atoms with van der Waals surface area (Å²) in [6.45, 7) is 0. The maximum absolute atomic E-state index is 5.23. The monoisotopic (exact) mass is 271 g/mol. The molecule has 0 amide bonds. The highest BCUT2D eigenvalue weighted by molar-refractivity contribution is 9.10. The van der Waals surface area contributed by atoms with E-state index in [2.05, 4.69) is 20.9 Å². The molecule has 74 valence electrons. The number of H-pyrrole nitrogens is 1. The number of aromatic amines is 1. The predicted molar refractivity (Wildman–Crippen MR) is 64.9 cm³/mol. The van der Waals surface area contributed by atoms with E-state index in [4.69, 9.17) is 12.2 Å². The first-order chi connectivity index (χ1) is 6.61. The van der Waals surface area contributed by atoms with Crippen LogP contribution in [0.1, 0.15) is 0 Å². The number of nitrogens with one attached hydrogen (secondary N) is 1. The molecule has 0 saturated carbocycles. The van der Waals surface area contributed by atoms with Crippen molar-refractivity contribution in [2.24, 2.45) is 0 Å². The Labute approximate surface area is 95.4 Å². The van der Waals surface area contributed by atoms with E-state index in [0.717, 1.165) is 15.5 Å². The van der Waals surface area contributed by atoms with Gasteiger partial charge >= 0.3 is 0 Å². The minimum atomic E-state index is 0.705. The van der Waals surface area contributed by atoms with Crippen molar-refractivity contribution in [2.45, 2.75) is 0 Å². The van der Waals surface area contributed by atoms with Crippen LogP contribution in [0.25, 0.3) is 11.0 Å². The zero-order valence-corrected chi connectivity index (χ0v) is 10.3. The van der Waals surface area contributed by atoms with E-state index in [9.17, 15) is 0 Å². The van der Waals surface area contributed by atoms with Gasteiger partial charge in [-0.2, -0.15) is 0 Å². The molecule has 0 aliphatic carbocycles. The van der Waals surface area contributed by atoms with Crippen LogP contribution in [0.3, 0.4) is 0 Å². The van der Waals surface area contributed by atoms with E-state index in [1.165, 1.54) is 0 Å². The van der Waals surface area contributed by atoms with Crippen LogP contribution in [0.5, 0.6) is 0 Å². The Morgan fingerprint density at radius 2 is 2.14 bits per heavy atom. The Kier molecular flexibility index (Phi) is 2.36. The van der Waals surface area contributed by atoms with Crippen molar-refractivity contribution in [3.8, 4) is 0 Å². The standard InChI is InChI=1S/C9H10BrN3S/c1-12(2)13-8-6(10)4-3-5-7(8)11-9(13)14/h3-5H,1-2H3,(H,11,14). The zero-order chi connectivity index (χ0) is 10.3. The maximum atomic E-state index is 5.23. The van der Waals surface area contributed by atoms with Gasteiger partial charge in [0.15, 0.2) is 4.77 Å². The van der Waals surface area contributed by atoms with Gasteiger partial charge in [-0.05, 0) is 40.3 Å². The summed E-state index contributed by atoms with van der Waals surface area (Å²) < 4.78 is 3.70. The third kappa shape index (κ3) is 1.36. The van der Waals surface area contributed by atoms with Crippen LogP contribution in [0.2, 0.25) is 0 Å². The van der Waals surface area contributed by atoms with Gasteiger partial charge in [-0.3, -0.25) is 0 Å². The van der Waals surface area contributed by atoms with E-state index < -0.39 is 0 Å². The van der Waals surface area contributed by atoms with Gasteiger partial charge in [-0.25, -0.2) is 4.68 Å². The van der Waals surface area contributed by atoms with E-state index in [1.807, 2.05) is 42.0 Å². The molecule has 0 fully saturated rings. The fraction of sp³-hybridized carbons (Fsp3) is 0.222. The van der Waals surface area contributed by atoms with Crippen LogP contribution in [-0.4, -0.2) is 23.8 Å². The minimum absolute atomic E-state index is 0.705. The molecular formula is C9H10BrN3S. The largest absolute Gasteiger partial charge is 0.329 e. The van der Waals surface area contributed by atoms with Gasteiger partial charge in [0.05, 0.1) is 5.52 Å². The van der Waals surface area contributed by atoms with E-state index in [0.29, 0.717) is 4.77 Å². The third-order valence-electron chi connectivity index (χ3n) is 2.03. The number of halogens is 1. The topological polar surface area (TPSA) is 24.0 Å². The highest BCUT2D eigenvalue weighted by Crippen LogP contribution is 2.23. The number of imidazole rings is 1. The number of benzene rings is 1. The number of nitrogens with zero attached hydrogens (tertiary/aromatic N) is 2. The average Bonchev–Trinajstić information content (AvgIpc) is 2.42. The van der Waals surface area contributed by atoms with Crippen LogP contribution in [0.15, 0.2) is 22.7 Å². The second-order valence-electron chi connectivity index (χ2n) is 3.23. The SMILES string of the molecule is CN(C)n1c(=S)[nH]c2cccc(Br)c21. The van der Waals surface area contributed by atoms with Gasteiger partial charge in [-0.1, -0.05) is 6.07 Å². The summed E-state index contributed by atoms with van der Waals surface area (Å²) >= 11 is 8.75. The molecule has 5 heteroatoms. The van der Waals surface area contributed by atoms with Crippen molar-refractivity contribution in [3.63, 3.8) is 0 Å². The molecule has 0 saturated heterocycles. The number of para-hydroxylation sites is 1. The molecule has 0 unspecified atom stereocenters. The molecule has 1 N–H and O–H groups in total. The molecule has 0 spiro atoms. The number of hydrogen-bond donors (Lipinski definition) is 1. The second kappa shape index (κ2) is 3.40. The van der Waals surface area contributed by atoms with Gasteiger partial charge in [0.25, 0.3) is 0 Å². The van der Waals surface area contributed by atoms with Crippen LogP contribution >= 0.6 is 28.1 Å². The molecule has 2 aromatic rings. The summed E-state index contributed by atoms with van der Waals surface area (Å²) in [5, 5.41) is 1.95. The molecule has 1 aromatic heterocycles. The summed E-state index contributed by atoms with van der Waals surface area (Å²) in [4.78, 5) is 3.16. The lowest BCUT2D eigenvalue weighted by atomic mass is 10.3. The van der Waals surface area contributed by atoms with Crippen molar-refractivity contribution in [1.82, 2.24) is 9.66 Å². The predicted octanol–water partition coefficient (Wildman–Crippen LogP) is 2.66. The van der Waals surface area contributed by atoms with Gasteiger partial charge in [0.1, 0.15) is 5.52 Å². The van der Waals surface area contributed by atoms with Gasteiger partial charge in [-0.15, -0.1) is 0 Å². The van der Waals surface area contributed by atoms with Gasteiger partial charge < -0.3 is 9.99 Å². The number of rotatable bonds is 1. The Bertz CT molecular complexity index is 526. The quantitative estimate of drug-likeness (QED) is 0.807. The zero-order valence-electron chi connectivity index (χ0n) is 7.91. The Morgan fingerprint density at radius 3 is 2.79 bits per heavy atom. The lowest BCUT2D eigenvalue weighted by Gasteiger charge is -2.15.